The summed E-state index contributed by atoms with van der Waals surface area (Å²) < 4.78 is 19.9. The molecular formula is C23H19FN2O2S. The zero-order valence-electron chi connectivity index (χ0n) is 15.6. The van der Waals surface area contributed by atoms with Gasteiger partial charge in [0.1, 0.15) is 11.6 Å². The highest BCUT2D eigenvalue weighted by Crippen LogP contribution is 2.30. The van der Waals surface area contributed by atoms with Crippen molar-refractivity contribution in [2.45, 2.75) is 13.0 Å². The predicted octanol–water partition coefficient (Wildman–Crippen LogP) is 5.44. The number of aromatic nitrogens is 1. The van der Waals surface area contributed by atoms with Crippen LogP contribution in [0, 0.1) is 5.82 Å². The Hall–Kier alpha value is -3.25. The molecule has 0 saturated carbocycles. The molecule has 0 saturated heterocycles. The Kier molecular flexibility index (Phi) is 5.81. The van der Waals surface area contributed by atoms with Crippen molar-refractivity contribution in [1.82, 2.24) is 4.98 Å². The van der Waals surface area contributed by atoms with E-state index in [0.717, 1.165) is 11.3 Å². The van der Waals surface area contributed by atoms with E-state index in [1.807, 2.05) is 60.7 Å². The molecule has 0 unspecified atom stereocenters. The average molecular weight is 406 g/mol. The summed E-state index contributed by atoms with van der Waals surface area (Å²) in [5.74, 6) is 0.319. The Balaban J connectivity index is 1.54. The standard InChI is InChI=1S/C23H19FN2O2S/c24-18-11-12-20-21(15-18)29-23(25-20)26(16-17-7-3-1-4-8-17)22(27)13-14-28-19-9-5-2-6-10-19/h1-12,15H,13-14,16H2. The fourth-order valence-corrected chi connectivity index (χ4v) is 3.95. The molecule has 0 atom stereocenters. The summed E-state index contributed by atoms with van der Waals surface area (Å²) in [6.07, 6.45) is 0.214. The van der Waals surface area contributed by atoms with E-state index in [4.69, 9.17) is 4.74 Å². The van der Waals surface area contributed by atoms with Crippen LogP contribution in [0.5, 0.6) is 5.75 Å². The van der Waals surface area contributed by atoms with Crippen LogP contribution in [0.15, 0.2) is 78.9 Å². The number of amides is 1. The van der Waals surface area contributed by atoms with Gasteiger partial charge in [0.05, 0.1) is 29.8 Å². The minimum absolute atomic E-state index is 0.0932. The summed E-state index contributed by atoms with van der Waals surface area (Å²) in [6.45, 7) is 0.668. The third kappa shape index (κ3) is 4.78. The smallest absolute Gasteiger partial charge is 0.232 e. The zero-order chi connectivity index (χ0) is 20.1. The molecule has 4 nitrogen and oxygen atoms in total. The molecule has 0 N–H and O–H groups in total. The van der Waals surface area contributed by atoms with Gasteiger partial charge < -0.3 is 4.74 Å². The second-order valence-corrected chi connectivity index (χ2v) is 7.49. The summed E-state index contributed by atoms with van der Waals surface area (Å²) in [5, 5.41) is 0.555. The van der Waals surface area contributed by atoms with Gasteiger partial charge in [-0.15, -0.1) is 0 Å². The van der Waals surface area contributed by atoms with E-state index in [1.54, 1.807) is 11.0 Å². The maximum Gasteiger partial charge on any atom is 0.232 e. The number of nitrogens with zero attached hydrogens (tertiary/aromatic N) is 2. The summed E-state index contributed by atoms with van der Waals surface area (Å²) in [7, 11) is 0. The van der Waals surface area contributed by atoms with Crippen LogP contribution >= 0.6 is 11.3 Å². The average Bonchev–Trinajstić information content (AvgIpc) is 3.16. The van der Waals surface area contributed by atoms with Gasteiger partial charge in [0.25, 0.3) is 0 Å². The van der Waals surface area contributed by atoms with Crippen molar-refractivity contribution >= 4 is 32.6 Å². The lowest BCUT2D eigenvalue weighted by Crippen LogP contribution is -2.31. The van der Waals surface area contributed by atoms with Gasteiger partial charge in [-0.05, 0) is 35.9 Å². The number of carbonyl (C=O) groups excluding carboxylic acids is 1. The van der Waals surface area contributed by atoms with Crippen molar-refractivity contribution in [2.24, 2.45) is 0 Å². The molecule has 4 aromatic rings. The van der Waals surface area contributed by atoms with Crippen molar-refractivity contribution < 1.29 is 13.9 Å². The minimum atomic E-state index is -0.315. The maximum atomic E-state index is 13.6. The predicted molar refractivity (Wildman–Crippen MR) is 114 cm³/mol. The number of hydrogen-bond donors (Lipinski definition) is 0. The van der Waals surface area contributed by atoms with Crippen LogP contribution in [-0.4, -0.2) is 17.5 Å². The van der Waals surface area contributed by atoms with Gasteiger partial charge >= 0.3 is 0 Å². The molecule has 0 fully saturated rings. The summed E-state index contributed by atoms with van der Waals surface area (Å²) in [4.78, 5) is 19.2. The number of rotatable bonds is 7. The van der Waals surface area contributed by atoms with Crippen LogP contribution < -0.4 is 9.64 Å². The number of carbonyl (C=O) groups is 1. The number of thiazole rings is 1. The second kappa shape index (κ2) is 8.84. The largest absolute Gasteiger partial charge is 0.493 e. The van der Waals surface area contributed by atoms with Gasteiger partial charge in [-0.25, -0.2) is 9.37 Å². The molecule has 3 aromatic carbocycles. The highest BCUT2D eigenvalue weighted by Gasteiger charge is 2.20. The Labute approximate surface area is 172 Å². The topological polar surface area (TPSA) is 42.4 Å². The van der Waals surface area contributed by atoms with Crippen molar-refractivity contribution in [3.63, 3.8) is 0 Å². The molecular weight excluding hydrogens is 387 g/mol. The Morgan fingerprint density at radius 1 is 1.00 bits per heavy atom. The Bertz CT molecular complexity index is 1100. The molecule has 1 heterocycles. The molecule has 0 spiro atoms. The van der Waals surface area contributed by atoms with E-state index in [9.17, 15) is 9.18 Å². The van der Waals surface area contributed by atoms with Crippen LogP contribution in [0.4, 0.5) is 9.52 Å². The number of hydrogen-bond acceptors (Lipinski definition) is 4. The van der Waals surface area contributed by atoms with Crippen LogP contribution in [0.1, 0.15) is 12.0 Å². The lowest BCUT2D eigenvalue weighted by atomic mass is 10.2. The molecule has 0 aliphatic carbocycles. The molecule has 0 radical (unpaired) electrons. The highest BCUT2D eigenvalue weighted by atomic mass is 32.1. The first-order valence-electron chi connectivity index (χ1n) is 9.27. The van der Waals surface area contributed by atoms with Crippen LogP contribution in [0.3, 0.4) is 0 Å². The van der Waals surface area contributed by atoms with Gasteiger partial charge in [-0.1, -0.05) is 59.9 Å². The van der Waals surface area contributed by atoms with E-state index in [2.05, 4.69) is 4.98 Å². The molecule has 4 rings (SSSR count). The molecule has 1 amide bonds. The van der Waals surface area contributed by atoms with E-state index in [0.29, 0.717) is 21.9 Å². The Morgan fingerprint density at radius 2 is 1.72 bits per heavy atom. The van der Waals surface area contributed by atoms with E-state index in [-0.39, 0.29) is 24.8 Å². The fourth-order valence-electron chi connectivity index (χ4n) is 2.94. The maximum absolute atomic E-state index is 13.6. The quantitative estimate of drug-likeness (QED) is 0.411. The van der Waals surface area contributed by atoms with E-state index >= 15 is 0 Å². The number of halogens is 1. The van der Waals surface area contributed by atoms with Gasteiger partial charge in [-0.3, -0.25) is 9.69 Å². The van der Waals surface area contributed by atoms with Crippen LogP contribution in [0.25, 0.3) is 10.2 Å². The lowest BCUT2D eigenvalue weighted by Gasteiger charge is -2.20. The molecule has 6 heteroatoms. The van der Waals surface area contributed by atoms with Gasteiger partial charge in [-0.2, -0.15) is 0 Å². The second-order valence-electron chi connectivity index (χ2n) is 6.49. The third-order valence-corrected chi connectivity index (χ3v) is 5.42. The van der Waals surface area contributed by atoms with Gasteiger partial charge in [0, 0.05) is 0 Å². The van der Waals surface area contributed by atoms with E-state index < -0.39 is 0 Å². The zero-order valence-corrected chi connectivity index (χ0v) is 16.4. The van der Waals surface area contributed by atoms with Gasteiger partial charge in [0.15, 0.2) is 5.13 Å². The van der Waals surface area contributed by atoms with Crippen molar-refractivity contribution in [3.05, 3.63) is 90.2 Å². The molecule has 146 valence electrons. The van der Waals surface area contributed by atoms with Gasteiger partial charge in [0.2, 0.25) is 5.91 Å². The number of ether oxygens (including phenoxy) is 1. The first kappa shape index (κ1) is 19.1. The third-order valence-electron chi connectivity index (χ3n) is 4.38. The number of benzene rings is 3. The first-order valence-corrected chi connectivity index (χ1v) is 10.1. The highest BCUT2D eigenvalue weighted by molar-refractivity contribution is 7.22. The normalized spacial score (nSPS) is 10.8. The minimum Gasteiger partial charge on any atom is -0.493 e. The van der Waals surface area contributed by atoms with Crippen molar-refractivity contribution in [3.8, 4) is 5.75 Å². The summed E-state index contributed by atoms with van der Waals surface area (Å²) in [5.41, 5.74) is 1.67. The SMILES string of the molecule is O=C(CCOc1ccccc1)N(Cc1ccccc1)c1nc2ccc(F)cc2s1. The summed E-state index contributed by atoms with van der Waals surface area (Å²) in [6, 6.07) is 23.6. The fraction of sp³-hybridized carbons (Fsp3) is 0.130. The van der Waals surface area contributed by atoms with Crippen molar-refractivity contribution in [2.75, 3.05) is 11.5 Å². The molecule has 0 aliphatic heterocycles. The van der Waals surface area contributed by atoms with Crippen LogP contribution in [0.2, 0.25) is 0 Å². The molecule has 0 aliphatic rings. The number of fused-ring (bicyclic) bond motifs is 1. The van der Waals surface area contributed by atoms with Crippen molar-refractivity contribution in [1.29, 1.82) is 0 Å². The Morgan fingerprint density at radius 3 is 2.48 bits per heavy atom. The number of para-hydroxylation sites is 1. The first-order chi connectivity index (χ1) is 14.2. The monoisotopic (exact) mass is 406 g/mol. The lowest BCUT2D eigenvalue weighted by molar-refractivity contribution is -0.119. The molecule has 29 heavy (non-hydrogen) atoms. The summed E-state index contributed by atoms with van der Waals surface area (Å²) >= 11 is 1.31. The van der Waals surface area contributed by atoms with Crippen LogP contribution in [-0.2, 0) is 11.3 Å². The molecule has 0 bridgehead atoms. The number of anilines is 1. The molecule has 1 aromatic heterocycles. The van der Waals surface area contributed by atoms with E-state index in [1.165, 1.54) is 23.5 Å².